The predicted octanol–water partition coefficient (Wildman–Crippen LogP) is 1.06. The van der Waals surface area contributed by atoms with Crippen LogP contribution in [0.2, 0.25) is 0 Å². The standard InChI is InChI=1S/C4H9NO2/c1-4(2,3)5(6)7/h1-3H3/i1D3,2D3,3D3. The van der Waals surface area contributed by atoms with Crippen molar-refractivity contribution in [1.29, 1.82) is 0 Å². The molecule has 0 aliphatic rings. The van der Waals surface area contributed by atoms with E-state index in [0.29, 0.717) is 0 Å². The van der Waals surface area contributed by atoms with Crippen molar-refractivity contribution in [3.8, 4) is 0 Å². The Labute approximate surface area is 55.1 Å². The van der Waals surface area contributed by atoms with Crippen molar-refractivity contribution in [2.75, 3.05) is 0 Å². The molecule has 0 amide bonds. The van der Waals surface area contributed by atoms with Gasteiger partial charge in [0, 0.05) is 37.8 Å². The van der Waals surface area contributed by atoms with Gasteiger partial charge < -0.3 is 0 Å². The van der Waals surface area contributed by atoms with Gasteiger partial charge in [0.25, 0.3) is 0 Å². The Balaban J connectivity index is 6.17. The molecule has 0 unspecified atom stereocenters. The molecule has 7 heavy (non-hydrogen) atoms. The van der Waals surface area contributed by atoms with Crippen molar-refractivity contribution in [1.82, 2.24) is 0 Å². The zero-order valence-electron chi connectivity index (χ0n) is 12.3. The second-order valence-electron chi connectivity index (χ2n) is 0.968. The number of rotatable bonds is 0. The monoisotopic (exact) mass is 112 g/mol. The highest BCUT2D eigenvalue weighted by Crippen LogP contribution is 2.02. The summed E-state index contributed by atoms with van der Waals surface area (Å²) in [4.78, 5) is 8.94. The molecule has 0 fully saturated rings. The number of nitro groups is 1. The highest BCUT2D eigenvalue weighted by molar-refractivity contribution is 4.54. The van der Waals surface area contributed by atoms with E-state index in [1.807, 2.05) is 0 Å². The fraction of sp³-hybridized carbons (Fsp3) is 1.00. The fourth-order valence-electron chi connectivity index (χ4n) is 0. The van der Waals surface area contributed by atoms with Crippen LogP contribution < -0.4 is 0 Å². The van der Waals surface area contributed by atoms with Crippen molar-refractivity contribution < 1.29 is 17.3 Å². The lowest BCUT2D eigenvalue weighted by Crippen LogP contribution is -2.25. The van der Waals surface area contributed by atoms with Crippen LogP contribution in [0.1, 0.15) is 32.9 Å². The minimum Gasteiger partial charge on any atom is -0.264 e. The summed E-state index contributed by atoms with van der Waals surface area (Å²) in [7, 11) is 0. The van der Waals surface area contributed by atoms with Crippen LogP contribution in [-0.4, -0.2) is 10.5 Å². The van der Waals surface area contributed by atoms with Crippen LogP contribution in [-0.2, 0) is 0 Å². The maximum atomic E-state index is 10.7. The van der Waals surface area contributed by atoms with Crippen LogP contribution in [0.3, 0.4) is 0 Å². The van der Waals surface area contributed by atoms with Crippen LogP contribution in [0.15, 0.2) is 0 Å². The molecule has 0 aliphatic heterocycles. The highest BCUT2D eigenvalue weighted by atomic mass is 16.6. The van der Waals surface area contributed by atoms with Gasteiger partial charge in [0.2, 0.25) is 5.54 Å². The third-order valence-electron chi connectivity index (χ3n) is 0.274. The summed E-state index contributed by atoms with van der Waals surface area (Å²) in [6, 6.07) is 0. The fourth-order valence-corrected chi connectivity index (χ4v) is 0. The Morgan fingerprint density at radius 2 is 2.14 bits per heavy atom. The lowest BCUT2D eigenvalue weighted by Gasteiger charge is -2.05. The summed E-state index contributed by atoms with van der Waals surface area (Å²) >= 11 is 0. The largest absolute Gasteiger partial charge is 0.264 e. The van der Waals surface area contributed by atoms with E-state index < -0.39 is 31.0 Å². The van der Waals surface area contributed by atoms with Gasteiger partial charge in [-0.05, 0) is 0 Å². The molecule has 0 radical (unpaired) electrons. The lowest BCUT2D eigenvalue weighted by atomic mass is 10.1. The third kappa shape index (κ3) is 2.14. The Bertz CT molecular complexity index is 249. The Kier molecular flexibility index (Phi) is 0.190. The van der Waals surface area contributed by atoms with E-state index in [0.717, 1.165) is 0 Å². The summed E-state index contributed by atoms with van der Waals surface area (Å²) in [5.74, 6) is 0. The molecule has 42 valence electrons. The van der Waals surface area contributed by atoms with E-state index in [2.05, 4.69) is 0 Å². The van der Waals surface area contributed by atoms with Crippen molar-refractivity contribution in [2.45, 2.75) is 26.1 Å². The summed E-state index contributed by atoms with van der Waals surface area (Å²) in [5.41, 5.74) is -3.97. The van der Waals surface area contributed by atoms with Gasteiger partial charge in [-0.2, -0.15) is 0 Å². The minimum atomic E-state index is -3.97. The van der Waals surface area contributed by atoms with Crippen LogP contribution in [0.4, 0.5) is 0 Å². The first kappa shape index (κ1) is 0.900. The van der Waals surface area contributed by atoms with Gasteiger partial charge in [0.05, 0.1) is 0 Å². The first-order valence-corrected chi connectivity index (χ1v) is 1.34. The van der Waals surface area contributed by atoms with Gasteiger partial charge in [-0.25, -0.2) is 0 Å². The molecule has 0 rings (SSSR count). The first-order valence-electron chi connectivity index (χ1n) is 5.84. The Hall–Kier alpha value is -0.600. The second-order valence-corrected chi connectivity index (χ2v) is 0.968. The lowest BCUT2D eigenvalue weighted by molar-refractivity contribution is -0.555. The molecule has 0 aromatic carbocycles. The zero-order chi connectivity index (χ0) is 13.6. The summed E-state index contributed by atoms with van der Waals surface area (Å²) in [6.07, 6.45) is 0. The van der Waals surface area contributed by atoms with E-state index in [-0.39, 0.29) is 0 Å². The average Bonchev–Trinajstić information content (AvgIpc) is 1.71. The van der Waals surface area contributed by atoms with Crippen molar-refractivity contribution in [2.24, 2.45) is 0 Å². The Morgan fingerprint density at radius 1 is 1.71 bits per heavy atom. The predicted molar refractivity (Wildman–Crippen MR) is 26.7 cm³/mol. The quantitative estimate of drug-likeness (QED) is 0.347. The Morgan fingerprint density at radius 3 is 2.14 bits per heavy atom. The molecule has 3 heteroatoms. The highest BCUT2D eigenvalue weighted by Gasteiger charge is 2.21. The van der Waals surface area contributed by atoms with Gasteiger partial charge in [-0.3, -0.25) is 10.1 Å². The summed E-state index contributed by atoms with van der Waals surface area (Å²) in [6.45, 7) is -11.3. The molecule has 0 aromatic heterocycles. The normalized spacial score (nSPS) is 35.7. The van der Waals surface area contributed by atoms with Crippen molar-refractivity contribution in [3.63, 3.8) is 0 Å². The molecule has 0 aliphatic carbocycles. The zero-order valence-corrected chi connectivity index (χ0v) is 3.26. The first-order chi connectivity index (χ1) is 6.69. The van der Waals surface area contributed by atoms with Gasteiger partial charge in [-0.15, -0.1) is 0 Å². The maximum Gasteiger partial charge on any atom is 0.214 e. The maximum absolute atomic E-state index is 10.7. The third-order valence-corrected chi connectivity index (χ3v) is 0.274. The molecule has 0 heterocycles. The number of hydrogen-bond acceptors (Lipinski definition) is 2. The second kappa shape index (κ2) is 1.48. The van der Waals surface area contributed by atoms with Crippen LogP contribution in [0.25, 0.3) is 0 Å². The number of nitrogens with zero attached hydrogens (tertiary/aromatic N) is 1. The topological polar surface area (TPSA) is 43.1 Å². The molecule has 0 N–H and O–H groups in total. The molecular weight excluding hydrogens is 94.0 g/mol. The number of hydrogen-bond donors (Lipinski definition) is 0. The molecule has 0 bridgehead atoms. The van der Waals surface area contributed by atoms with E-state index in [1.165, 1.54) is 0 Å². The van der Waals surface area contributed by atoms with Crippen LogP contribution in [0.5, 0.6) is 0 Å². The van der Waals surface area contributed by atoms with Gasteiger partial charge >= 0.3 is 0 Å². The van der Waals surface area contributed by atoms with Crippen molar-refractivity contribution in [3.05, 3.63) is 10.1 Å². The molecule has 0 spiro atoms. The van der Waals surface area contributed by atoms with E-state index >= 15 is 0 Å². The van der Waals surface area contributed by atoms with E-state index in [9.17, 15) is 10.1 Å². The molecular formula is C4H9NO2. The van der Waals surface area contributed by atoms with E-state index in [1.54, 1.807) is 0 Å². The average molecular weight is 112 g/mol. The SMILES string of the molecule is [2H]C([2H])([2H])C([N+](=O)[O-])(C([2H])([2H])[2H])C([2H])([2H])[2H]. The van der Waals surface area contributed by atoms with Crippen molar-refractivity contribution >= 4 is 0 Å². The molecule has 0 aromatic rings. The molecule has 0 atom stereocenters. The van der Waals surface area contributed by atoms with E-state index in [4.69, 9.17) is 12.3 Å². The molecule has 0 saturated carbocycles. The molecule has 0 saturated heterocycles. The summed E-state index contributed by atoms with van der Waals surface area (Å²) < 4.78 is 61.7. The smallest absolute Gasteiger partial charge is 0.214 e. The van der Waals surface area contributed by atoms with Gasteiger partial charge in [-0.1, -0.05) is 0 Å². The van der Waals surface area contributed by atoms with Crippen LogP contribution in [0, 0.1) is 10.1 Å². The summed E-state index contributed by atoms with van der Waals surface area (Å²) in [5, 5.41) is 10.7. The van der Waals surface area contributed by atoms with Gasteiger partial charge in [0.1, 0.15) is 0 Å². The van der Waals surface area contributed by atoms with Gasteiger partial charge in [0.15, 0.2) is 0 Å². The van der Waals surface area contributed by atoms with Crippen LogP contribution >= 0.6 is 0 Å². The molecule has 3 nitrogen and oxygen atoms in total. The minimum absolute atomic E-state index is 1.75.